The number of Topliss-reactive ketones (excluding diaryl/α,β-unsaturated/α-hetero) is 1. The van der Waals surface area contributed by atoms with Gasteiger partial charge in [-0.1, -0.05) is 78.9 Å². The second kappa shape index (κ2) is 14.4. The molecule has 40 heavy (non-hydrogen) atoms. The van der Waals surface area contributed by atoms with Crippen molar-refractivity contribution in [3.63, 3.8) is 0 Å². The summed E-state index contributed by atoms with van der Waals surface area (Å²) in [6.45, 7) is 0.116. The van der Waals surface area contributed by atoms with Crippen molar-refractivity contribution in [2.24, 2.45) is 0 Å². The normalized spacial score (nSPS) is 11.3. The molecule has 1 N–H and O–H groups in total. The van der Waals surface area contributed by atoms with Crippen LogP contribution in [0.2, 0.25) is 0 Å². The molecule has 0 spiro atoms. The number of ketones is 1. The number of benzene rings is 4. The Morgan fingerprint density at radius 1 is 0.725 bits per heavy atom. The SMILES string of the molecule is CN(CC(=O)NC(COCc1ccccc1)C(=O)Cc1ccc(Oc2ccccc2)cc1)C(=O)c1ccccc1. The van der Waals surface area contributed by atoms with Gasteiger partial charge in [-0.2, -0.15) is 0 Å². The van der Waals surface area contributed by atoms with Gasteiger partial charge in [0.25, 0.3) is 5.91 Å². The van der Waals surface area contributed by atoms with E-state index in [0.29, 0.717) is 17.9 Å². The van der Waals surface area contributed by atoms with Gasteiger partial charge in [-0.3, -0.25) is 14.4 Å². The molecule has 0 bridgehead atoms. The van der Waals surface area contributed by atoms with Crippen LogP contribution in [-0.4, -0.2) is 48.7 Å². The van der Waals surface area contributed by atoms with Gasteiger partial charge in [-0.05, 0) is 47.5 Å². The Labute approximate surface area is 234 Å². The quantitative estimate of drug-likeness (QED) is 0.258. The first-order chi connectivity index (χ1) is 19.5. The Bertz CT molecular complexity index is 1380. The molecule has 0 aliphatic rings. The average molecular weight is 537 g/mol. The number of carbonyl (C=O) groups excluding carboxylic acids is 3. The van der Waals surface area contributed by atoms with Gasteiger partial charge in [0.05, 0.1) is 19.8 Å². The van der Waals surface area contributed by atoms with Crippen LogP contribution in [-0.2, 0) is 27.4 Å². The Hall–Kier alpha value is -4.75. The minimum Gasteiger partial charge on any atom is -0.457 e. The number of hydrogen-bond acceptors (Lipinski definition) is 5. The molecule has 1 atom stereocenters. The molecule has 0 radical (unpaired) electrons. The molecule has 4 rings (SSSR count). The number of nitrogens with zero attached hydrogens (tertiary/aromatic N) is 1. The van der Waals surface area contributed by atoms with Crippen molar-refractivity contribution < 1.29 is 23.9 Å². The lowest BCUT2D eigenvalue weighted by Crippen LogP contribution is -2.48. The second-order valence-corrected chi connectivity index (χ2v) is 9.35. The van der Waals surface area contributed by atoms with Gasteiger partial charge in [0.2, 0.25) is 5.91 Å². The highest BCUT2D eigenvalue weighted by atomic mass is 16.5. The van der Waals surface area contributed by atoms with Crippen molar-refractivity contribution in [3.8, 4) is 11.5 Å². The zero-order valence-corrected chi connectivity index (χ0v) is 22.4. The zero-order valence-electron chi connectivity index (χ0n) is 22.4. The minimum absolute atomic E-state index is 0.00498. The molecule has 0 heterocycles. The van der Waals surface area contributed by atoms with Crippen molar-refractivity contribution in [2.75, 3.05) is 20.2 Å². The van der Waals surface area contributed by atoms with Crippen molar-refractivity contribution in [3.05, 3.63) is 132 Å². The molecule has 0 fully saturated rings. The van der Waals surface area contributed by atoms with Gasteiger partial charge in [-0.15, -0.1) is 0 Å². The molecular weight excluding hydrogens is 504 g/mol. The Kier molecular flexibility index (Phi) is 10.2. The van der Waals surface area contributed by atoms with E-state index in [1.807, 2.05) is 78.9 Å². The summed E-state index contributed by atoms with van der Waals surface area (Å²) in [5.74, 6) is 0.456. The number of hydrogen-bond donors (Lipinski definition) is 1. The molecule has 0 aromatic heterocycles. The summed E-state index contributed by atoms with van der Waals surface area (Å²) in [5, 5.41) is 2.77. The summed E-state index contributed by atoms with van der Waals surface area (Å²) in [6.07, 6.45) is 0.101. The van der Waals surface area contributed by atoms with Crippen LogP contribution < -0.4 is 10.1 Å². The molecule has 0 aliphatic carbocycles. The highest BCUT2D eigenvalue weighted by Gasteiger charge is 2.23. The Balaban J connectivity index is 1.37. The van der Waals surface area contributed by atoms with Crippen LogP contribution >= 0.6 is 0 Å². The first kappa shape index (κ1) is 28.3. The summed E-state index contributed by atoms with van der Waals surface area (Å²) in [6, 6.07) is 34.1. The van der Waals surface area contributed by atoms with Crippen LogP contribution in [0.15, 0.2) is 115 Å². The first-order valence-electron chi connectivity index (χ1n) is 13.0. The van der Waals surface area contributed by atoms with Gasteiger partial charge in [0, 0.05) is 19.0 Å². The molecule has 0 aliphatic heterocycles. The van der Waals surface area contributed by atoms with Gasteiger partial charge >= 0.3 is 0 Å². The smallest absolute Gasteiger partial charge is 0.254 e. The van der Waals surface area contributed by atoms with E-state index >= 15 is 0 Å². The van der Waals surface area contributed by atoms with E-state index in [2.05, 4.69) is 5.32 Å². The van der Waals surface area contributed by atoms with Crippen LogP contribution in [0.3, 0.4) is 0 Å². The van der Waals surface area contributed by atoms with E-state index in [0.717, 1.165) is 16.9 Å². The fourth-order valence-electron chi connectivity index (χ4n) is 4.04. The molecule has 2 amide bonds. The summed E-state index contributed by atoms with van der Waals surface area (Å²) < 4.78 is 11.6. The van der Waals surface area contributed by atoms with Crippen molar-refractivity contribution >= 4 is 17.6 Å². The maximum Gasteiger partial charge on any atom is 0.254 e. The number of carbonyl (C=O) groups is 3. The van der Waals surface area contributed by atoms with Gasteiger partial charge < -0.3 is 19.7 Å². The summed E-state index contributed by atoms with van der Waals surface area (Å²) in [5.41, 5.74) is 2.22. The number of nitrogens with one attached hydrogen (secondary N) is 1. The number of ether oxygens (including phenoxy) is 2. The van der Waals surface area contributed by atoms with Gasteiger partial charge in [0.1, 0.15) is 17.5 Å². The number of likely N-dealkylation sites (N-methyl/N-ethyl adjacent to an activating group) is 1. The van der Waals surface area contributed by atoms with E-state index in [-0.39, 0.29) is 31.3 Å². The van der Waals surface area contributed by atoms with E-state index in [9.17, 15) is 14.4 Å². The highest BCUT2D eigenvalue weighted by molar-refractivity contribution is 5.97. The molecule has 7 heteroatoms. The van der Waals surface area contributed by atoms with Crippen LogP contribution in [0.5, 0.6) is 11.5 Å². The van der Waals surface area contributed by atoms with Crippen molar-refractivity contribution in [2.45, 2.75) is 19.1 Å². The standard InChI is InChI=1S/C33H32N2O5/c1-35(33(38)27-13-7-3-8-14-27)22-32(37)34-30(24-39-23-26-11-5-2-6-12-26)31(36)21-25-17-19-29(20-18-25)40-28-15-9-4-10-16-28/h2-20,30H,21-24H2,1H3,(H,34,37). The Morgan fingerprint density at radius 3 is 1.95 bits per heavy atom. The third-order valence-corrected chi connectivity index (χ3v) is 6.15. The van der Waals surface area contributed by atoms with E-state index in [1.165, 1.54) is 4.90 Å². The van der Waals surface area contributed by atoms with Gasteiger partial charge in [0.15, 0.2) is 5.78 Å². The number of para-hydroxylation sites is 1. The third-order valence-electron chi connectivity index (χ3n) is 6.15. The molecule has 4 aromatic rings. The molecule has 4 aromatic carbocycles. The number of amides is 2. The largest absolute Gasteiger partial charge is 0.457 e. The van der Waals surface area contributed by atoms with Crippen LogP contribution in [0.4, 0.5) is 0 Å². The molecule has 0 saturated heterocycles. The van der Waals surface area contributed by atoms with Crippen LogP contribution in [0, 0.1) is 0 Å². The van der Waals surface area contributed by atoms with E-state index < -0.39 is 11.9 Å². The minimum atomic E-state index is -0.878. The maximum atomic E-state index is 13.3. The molecule has 7 nitrogen and oxygen atoms in total. The predicted octanol–water partition coefficient (Wildman–Crippen LogP) is 5.06. The lowest BCUT2D eigenvalue weighted by molar-refractivity contribution is -0.129. The first-order valence-corrected chi connectivity index (χ1v) is 13.0. The lowest BCUT2D eigenvalue weighted by Gasteiger charge is -2.21. The maximum absolute atomic E-state index is 13.3. The highest BCUT2D eigenvalue weighted by Crippen LogP contribution is 2.21. The summed E-state index contributed by atoms with van der Waals surface area (Å²) >= 11 is 0. The van der Waals surface area contributed by atoms with E-state index in [4.69, 9.17) is 9.47 Å². The Morgan fingerprint density at radius 2 is 1.30 bits per heavy atom. The molecular formula is C33H32N2O5. The summed E-state index contributed by atoms with van der Waals surface area (Å²) in [4.78, 5) is 40.2. The topological polar surface area (TPSA) is 84.9 Å². The molecule has 0 saturated carbocycles. The zero-order chi connectivity index (χ0) is 28.2. The fourth-order valence-corrected chi connectivity index (χ4v) is 4.04. The summed E-state index contributed by atoms with van der Waals surface area (Å²) in [7, 11) is 1.55. The number of rotatable bonds is 13. The predicted molar refractivity (Wildman–Crippen MR) is 153 cm³/mol. The monoisotopic (exact) mass is 536 g/mol. The van der Waals surface area contributed by atoms with Gasteiger partial charge in [-0.25, -0.2) is 0 Å². The van der Waals surface area contributed by atoms with Crippen molar-refractivity contribution in [1.82, 2.24) is 10.2 Å². The lowest BCUT2D eigenvalue weighted by atomic mass is 10.0. The second-order valence-electron chi connectivity index (χ2n) is 9.35. The average Bonchev–Trinajstić information content (AvgIpc) is 2.98. The van der Waals surface area contributed by atoms with Crippen LogP contribution in [0.25, 0.3) is 0 Å². The fraction of sp³-hybridized carbons (Fsp3) is 0.182. The third kappa shape index (κ3) is 8.64. The molecule has 204 valence electrons. The molecule has 1 unspecified atom stereocenters. The van der Waals surface area contributed by atoms with Crippen LogP contribution in [0.1, 0.15) is 21.5 Å². The van der Waals surface area contributed by atoms with Crippen molar-refractivity contribution in [1.29, 1.82) is 0 Å². The van der Waals surface area contributed by atoms with E-state index in [1.54, 1.807) is 43.4 Å².